The van der Waals surface area contributed by atoms with Gasteiger partial charge in [-0.3, -0.25) is 0 Å². The fourth-order valence-corrected chi connectivity index (χ4v) is 1.31. The Kier molecular flexibility index (Phi) is 3.48. The van der Waals surface area contributed by atoms with E-state index in [4.69, 9.17) is 6.42 Å². The summed E-state index contributed by atoms with van der Waals surface area (Å²) in [5, 5.41) is 0. The number of hydrogen-bond donors (Lipinski definition) is 0. The Morgan fingerprint density at radius 3 is 2.38 bits per heavy atom. The molecule has 1 radical (unpaired) electrons. The second-order valence-electron chi connectivity index (χ2n) is 3.37. The topological polar surface area (TPSA) is 9.23 Å². The molecule has 0 amide bonds. The van der Waals surface area contributed by atoms with Gasteiger partial charge in [0.25, 0.3) is 0 Å². The van der Waals surface area contributed by atoms with Crippen molar-refractivity contribution in [3.63, 3.8) is 0 Å². The number of alkyl halides is 3. The van der Waals surface area contributed by atoms with E-state index in [1.54, 1.807) is 19.9 Å². The number of terminal acetylenes is 1. The Morgan fingerprint density at radius 2 is 1.94 bits per heavy atom. The minimum absolute atomic E-state index is 0.125. The third kappa shape index (κ3) is 2.93. The molecule has 1 aromatic rings. The minimum atomic E-state index is -4.73. The molecule has 0 aliphatic heterocycles. The maximum atomic E-state index is 12.1. The summed E-state index contributed by atoms with van der Waals surface area (Å²) >= 11 is 0. The lowest BCUT2D eigenvalue weighted by Crippen LogP contribution is -2.18. The molecule has 0 unspecified atom stereocenters. The highest BCUT2D eigenvalue weighted by Crippen LogP contribution is 2.30. The number of hydrogen-bond acceptors (Lipinski definition) is 1. The molecule has 1 aromatic carbocycles. The van der Waals surface area contributed by atoms with E-state index in [1.807, 2.05) is 0 Å². The van der Waals surface area contributed by atoms with E-state index < -0.39 is 6.36 Å². The van der Waals surface area contributed by atoms with Crippen molar-refractivity contribution in [2.24, 2.45) is 0 Å². The molecular weight excluding hydrogens is 217 g/mol. The first kappa shape index (κ1) is 12.4. The summed E-state index contributed by atoms with van der Waals surface area (Å²) in [6.07, 6.45) is 0.467. The van der Waals surface area contributed by atoms with E-state index in [2.05, 4.69) is 10.7 Å². The van der Waals surface area contributed by atoms with Crippen molar-refractivity contribution in [1.29, 1.82) is 0 Å². The predicted molar refractivity (Wildman–Crippen MR) is 54.8 cm³/mol. The van der Waals surface area contributed by atoms with E-state index in [1.165, 1.54) is 12.1 Å². The number of rotatable bonds is 2. The van der Waals surface area contributed by atoms with Gasteiger partial charge in [-0.25, -0.2) is 0 Å². The van der Waals surface area contributed by atoms with Crippen molar-refractivity contribution < 1.29 is 17.9 Å². The lowest BCUT2D eigenvalue weighted by atomic mass is 9.97. The van der Waals surface area contributed by atoms with Crippen LogP contribution in [0.1, 0.15) is 25.0 Å². The Hall–Kier alpha value is -1.63. The first-order valence-corrected chi connectivity index (χ1v) is 4.51. The van der Waals surface area contributed by atoms with E-state index >= 15 is 0 Å². The molecule has 0 aliphatic carbocycles. The van der Waals surface area contributed by atoms with Crippen LogP contribution in [0.4, 0.5) is 13.2 Å². The highest BCUT2D eigenvalue weighted by molar-refractivity contribution is 5.54. The van der Waals surface area contributed by atoms with E-state index in [0.29, 0.717) is 5.56 Å². The van der Waals surface area contributed by atoms with Crippen LogP contribution in [0, 0.1) is 18.3 Å². The summed E-state index contributed by atoms with van der Waals surface area (Å²) in [4.78, 5) is 0. The summed E-state index contributed by atoms with van der Waals surface area (Å²) < 4.78 is 40.1. The van der Waals surface area contributed by atoms with Gasteiger partial charge in [-0.15, -0.1) is 19.6 Å². The number of ether oxygens (including phenoxy) is 1. The van der Waals surface area contributed by atoms with Crippen molar-refractivity contribution in [1.82, 2.24) is 0 Å². The average molecular weight is 227 g/mol. The van der Waals surface area contributed by atoms with E-state index in [9.17, 15) is 13.2 Å². The largest absolute Gasteiger partial charge is 0.573 e. The zero-order valence-corrected chi connectivity index (χ0v) is 8.85. The third-order valence-electron chi connectivity index (χ3n) is 1.93. The first-order chi connectivity index (χ1) is 7.35. The second kappa shape index (κ2) is 4.48. The molecule has 0 bridgehead atoms. The maximum absolute atomic E-state index is 12.1. The Bertz CT molecular complexity index is 413. The smallest absolute Gasteiger partial charge is 0.404 e. The van der Waals surface area contributed by atoms with E-state index in [0.717, 1.165) is 5.92 Å². The molecule has 0 fully saturated rings. The summed E-state index contributed by atoms with van der Waals surface area (Å²) in [5.74, 6) is 2.72. The van der Waals surface area contributed by atoms with Gasteiger partial charge in [0.1, 0.15) is 5.75 Å². The van der Waals surface area contributed by atoms with Gasteiger partial charge in [-0.05, 0) is 11.6 Å². The molecule has 0 aliphatic rings. The van der Waals surface area contributed by atoms with Crippen molar-refractivity contribution >= 4 is 0 Å². The normalized spacial score (nSPS) is 11.3. The third-order valence-corrected chi connectivity index (χ3v) is 1.93. The van der Waals surface area contributed by atoms with Gasteiger partial charge in [0.15, 0.2) is 0 Å². The van der Waals surface area contributed by atoms with Crippen LogP contribution in [-0.2, 0) is 0 Å². The lowest BCUT2D eigenvalue weighted by molar-refractivity contribution is -0.274. The van der Waals surface area contributed by atoms with Gasteiger partial charge in [0.05, 0.1) is 5.56 Å². The molecule has 1 nitrogen and oxygen atoms in total. The molecule has 0 saturated carbocycles. The lowest BCUT2D eigenvalue weighted by Gasteiger charge is -2.14. The Labute approximate surface area is 92.2 Å². The van der Waals surface area contributed by atoms with Gasteiger partial charge in [0, 0.05) is 5.92 Å². The highest BCUT2D eigenvalue weighted by Gasteiger charge is 2.32. The maximum Gasteiger partial charge on any atom is 0.573 e. The van der Waals surface area contributed by atoms with Crippen LogP contribution in [0.2, 0.25) is 0 Å². The van der Waals surface area contributed by atoms with E-state index in [-0.39, 0.29) is 11.3 Å². The summed E-state index contributed by atoms with van der Waals surface area (Å²) in [6.45, 7) is 3.54. The van der Waals surface area contributed by atoms with Crippen LogP contribution in [0.3, 0.4) is 0 Å². The molecule has 4 heteroatoms. The Balaban J connectivity index is 3.21. The molecule has 85 valence electrons. The molecule has 0 N–H and O–H groups in total. The van der Waals surface area contributed by atoms with Gasteiger partial charge in [-0.2, -0.15) is 0 Å². The van der Waals surface area contributed by atoms with Gasteiger partial charge in [0.2, 0.25) is 0 Å². The molecular formula is C12H10F3O. The standard InChI is InChI=1S/C12H10F3O/c1-4-9-10(8(2)3)6-5-7-11(9)16-12(13,14)15/h1,5-7H,2-3H3. The fraction of sp³-hybridized carbons (Fsp3) is 0.250. The van der Waals surface area contributed by atoms with Crippen LogP contribution in [0.15, 0.2) is 18.2 Å². The van der Waals surface area contributed by atoms with Crippen LogP contribution in [0.5, 0.6) is 5.75 Å². The molecule has 0 spiro atoms. The molecule has 1 rings (SSSR count). The highest BCUT2D eigenvalue weighted by atomic mass is 19.4. The zero-order valence-electron chi connectivity index (χ0n) is 8.85. The average Bonchev–Trinajstić information content (AvgIpc) is 2.14. The monoisotopic (exact) mass is 227 g/mol. The SMILES string of the molecule is C#Cc1c(OC(F)(F)F)cccc1[C](C)C. The predicted octanol–water partition coefficient (Wildman–Crippen LogP) is 3.53. The van der Waals surface area contributed by atoms with Gasteiger partial charge < -0.3 is 4.74 Å². The van der Waals surface area contributed by atoms with Crippen molar-refractivity contribution in [3.8, 4) is 18.1 Å². The van der Waals surface area contributed by atoms with Crippen LogP contribution < -0.4 is 4.74 Å². The Morgan fingerprint density at radius 1 is 1.31 bits per heavy atom. The summed E-state index contributed by atoms with van der Waals surface area (Å²) in [6, 6.07) is 4.34. The number of benzene rings is 1. The molecule has 16 heavy (non-hydrogen) atoms. The van der Waals surface area contributed by atoms with Gasteiger partial charge >= 0.3 is 6.36 Å². The van der Waals surface area contributed by atoms with Gasteiger partial charge in [-0.1, -0.05) is 31.9 Å². The summed E-state index contributed by atoms with van der Waals surface area (Å²) in [7, 11) is 0. The van der Waals surface area contributed by atoms with Crippen molar-refractivity contribution in [3.05, 3.63) is 35.2 Å². The fourth-order valence-electron chi connectivity index (χ4n) is 1.31. The summed E-state index contributed by atoms with van der Waals surface area (Å²) in [5.41, 5.74) is 0.712. The second-order valence-corrected chi connectivity index (χ2v) is 3.37. The number of halogens is 3. The minimum Gasteiger partial charge on any atom is -0.404 e. The zero-order chi connectivity index (χ0) is 12.3. The van der Waals surface area contributed by atoms with Crippen LogP contribution >= 0.6 is 0 Å². The molecule has 0 heterocycles. The molecule has 0 saturated heterocycles. The van der Waals surface area contributed by atoms with Crippen molar-refractivity contribution in [2.75, 3.05) is 0 Å². The van der Waals surface area contributed by atoms with Crippen LogP contribution in [0.25, 0.3) is 0 Å². The molecule has 0 atom stereocenters. The first-order valence-electron chi connectivity index (χ1n) is 4.51. The van der Waals surface area contributed by atoms with Crippen LogP contribution in [-0.4, -0.2) is 6.36 Å². The molecule has 0 aromatic heterocycles. The quantitative estimate of drug-likeness (QED) is 0.702. The van der Waals surface area contributed by atoms with Crippen molar-refractivity contribution in [2.45, 2.75) is 20.2 Å².